The molecule has 18 heavy (non-hydrogen) atoms. The Morgan fingerprint density at radius 3 is 2.72 bits per heavy atom. The third-order valence-electron chi connectivity index (χ3n) is 3.13. The number of nitrogens with one attached hydrogen (secondary N) is 1. The third kappa shape index (κ3) is 4.22. The van der Waals surface area contributed by atoms with Gasteiger partial charge in [0.05, 0.1) is 0 Å². The molecule has 1 heterocycles. The third-order valence-corrected chi connectivity index (χ3v) is 4.72. The average molecular weight is 278 g/mol. The molecule has 1 aliphatic rings. The molecule has 0 amide bonds. The lowest BCUT2D eigenvalue weighted by Crippen LogP contribution is -2.50. The van der Waals surface area contributed by atoms with Crippen molar-refractivity contribution in [2.45, 2.75) is 45.6 Å². The molecular weight excluding hydrogens is 256 g/mol. The SMILES string of the molecule is CCC[C@H](NS(=O)(=O)N1CCCC(C)C1)C(=O)O. The second kappa shape index (κ2) is 6.49. The molecule has 106 valence electrons. The molecule has 1 fully saturated rings. The average Bonchev–Trinajstić information content (AvgIpc) is 2.28. The van der Waals surface area contributed by atoms with Gasteiger partial charge < -0.3 is 5.11 Å². The predicted octanol–water partition coefficient (Wildman–Crippen LogP) is 0.806. The quantitative estimate of drug-likeness (QED) is 0.752. The molecule has 0 aliphatic carbocycles. The van der Waals surface area contributed by atoms with Crippen LogP contribution >= 0.6 is 0 Å². The maximum absolute atomic E-state index is 12.1. The highest BCUT2D eigenvalue weighted by atomic mass is 32.2. The highest BCUT2D eigenvalue weighted by Gasteiger charge is 2.31. The first-order chi connectivity index (χ1) is 8.36. The van der Waals surface area contributed by atoms with Gasteiger partial charge in [0, 0.05) is 13.1 Å². The molecule has 1 rings (SSSR count). The number of carboxylic acid groups (broad SMARTS) is 1. The van der Waals surface area contributed by atoms with Crippen LogP contribution in [0.5, 0.6) is 0 Å². The van der Waals surface area contributed by atoms with Crippen LogP contribution in [0.2, 0.25) is 0 Å². The van der Waals surface area contributed by atoms with E-state index in [1.54, 1.807) is 0 Å². The molecule has 0 aromatic rings. The molecule has 0 aromatic carbocycles. The number of piperidine rings is 1. The van der Waals surface area contributed by atoms with Crippen molar-refractivity contribution < 1.29 is 18.3 Å². The molecular formula is C11H22N2O4S. The molecule has 0 saturated carbocycles. The number of hydrogen-bond donors (Lipinski definition) is 2. The Hall–Kier alpha value is -0.660. The monoisotopic (exact) mass is 278 g/mol. The highest BCUT2D eigenvalue weighted by Crippen LogP contribution is 2.18. The minimum Gasteiger partial charge on any atom is -0.480 e. The van der Waals surface area contributed by atoms with Gasteiger partial charge in [0.25, 0.3) is 10.2 Å². The van der Waals surface area contributed by atoms with Crippen LogP contribution in [0.25, 0.3) is 0 Å². The molecule has 0 radical (unpaired) electrons. The molecule has 6 nitrogen and oxygen atoms in total. The van der Waals surface area contributed by atoms with Crippen LogP contribution in [0.4, 0.5) is 0 Å². The maximum atomic E-state index is 12.1. The summed E-state index contributed by atoms with van der Waals surface area (Å²) in [5, 5.41) is 8.97. The van der Waals surface area contributed by atoms with Crippen LogP contribution in [-0.4, -0.2) is 42.9 Å². The summed E-state index contributed by atoms with van der Waals surface area (Å²) >= 11 is 0. The van der Waals surface area contributed by atoms with Gasteiger partial charge in [-0.05, 0) is 25.2 Å². The van der Waals surface area contributed by atoms with E-state index in [4.69, 9.17) is 5.11 Å². The van der Waals surface area contributed by atoms with E-state index in [0.29, 0.717) is 31.8 Å². The van der Waals surface area contributed by atoms with E-state index in [9.17, 15) is 13.2 Å². The summed E-state index contributed by atoms with van der Waals surface area (Å²) in [6.07, 6.45) is 2.77. The molecule has 1 saturated heterocycles. The fourth-order valence-corrected chi connectivity index (χ4v) is 3.69. The van der Waals surface area contributed by atoms with E-state index >= 15 is 0 Å². The van der Waals surface area contributed by atoms with Gasteiger partial charge in [-0.3, -0.25) is 4.79 Å². The Labute approximate surface area is 109 Å². The van der Waals surface area contributed by atoms with E-state index in [-0.39, 0.29) is 0 Å². The zero-order chi connectivity index (χ0) is 13.8. The first-order valence-electron chi connectivity index (χ1n) is 6.37. The van der Waals surface area contributed by atoms with Crippen molar-refractivity contribution in [1.82, 2.24) is 9.03 Å². The number of carboxylic acids is 1. The van der Waals surface area contributed by atoms with Crippen molar-refractivity contribution in [3.63, 3.8) is 0 Å². The second-order valence-electron chi connectivity index (χ2n) is 4.91. The topological polar surface area (TPSA) is 86.7 Å². The lowest BCUT2D eigenvalue weighted by Gasteiger charge is -2.30. The van der Waals surface area contributed by atoms with Gasteiger partial charge in [0.15, 0.2) is 0 Å². The molecule has 1 aliphatic heterocycles. The lowest BCUT2D eigenvalue weighted by molar-refractivity contribution is -0.139. The van der Waals surface area contributed by atoms with Crippen LogP contribution < -0.4 is 4.72 Å². The van der Waals surface area contributed by atoms with Crippen LogP contribution in [0.3, 0.4) is 0 Å². The van der Waals surface area contributed by atoms with E-state index in [2.05, 4.69) is 4.72 Å². The van der Waals surface area contributed by atoms with Gasteiger partial charge in [0.2, 0.25) is 0 Å². The molecule has 0 spiro atoms. The lowest BCUT2D eigenvalue weighted by atomic mass is 10.0. The zero-order valence-corrected chi connectivity index (χ0v) is 11.7. The second-order valence-corrected chi connectivity index (χ2v) is 6.61. The summed E-state index contributed by atoms with van der Waals surface area (Å²) < 4.78 is 27.8. The normalized spacial score (nSPS) is 23.8. The number of rotatable bonds is 6. The van der Waals surface area contributed by atoms with Gasteiger partial charge in [0.1, 0.15) is 6.04 Å². The first kappa shape index (κ1) is 15.4. The molecule has 7 heteroatoms. The number of carbonyl (C=O) groups is 1. The number of aliphatic carboxylic acids is 1. The van der Waals surface area contributed by atoms with Crippen LogP contribution in [0.1, 0.15) is 39.5 Å². The van der Waals surface area contributed by atoms with Crippen molar-refractivity contribution in [1.29, 1.82) is 0 Å². The van der Waals surface area contributed by atoms with E-state index < -0.39 is 22.2 Å². The van der Waals surface area contributed by atoms with Crippen molar-refractivity contribution >= 4 is 16.2 Å². The summed E-state index contributed by atoms with van der Waals surface area (Å²) in [7, 11) is -3.68. The van der Waals surface area contributed by atoms with E-state index in [1.165, 1.54) is 4.31 Å². The summed E-state index contributed by atoms with van der Waals surface area (Å²) in [6.45, 7) is 4.77. The van der Waals surface area contributed by atoms with Gasteiger partial charge >= 0.3 is 5.97 Å². The predicted molar refractivity (Wildman–Crippen MR) is 68.4 cm³/mol. The largest absolute Gasteiger partial charge is 0.480 e. The van der Waals surface area contributed by atoms with E-state index in [1.807, 2.05) is 13.8 Å². The molecule has 1 unspecified atom stereocenters. The summed E-state index contributed by atoms with van der Waals surface area (Å²) in [5.74, 6) is -0.796. The number of hydrogen-bond acceptors (Lipinski definition) is 3. The smallest absolute Gasteiger partial charge is 0.321 e. The summed E-state index contributed by atoms with van der Waals surface area (Å²) in [6, 6.07) is -1.03. The van der Waals surface area contributed by atoms with Gasteiger partial charge in [-0.2, -0.15) is 17.4 Å². The fraction of sp³-hybridized carbons (Fsp3) is 0.909. The minimum atomic E-state index is -3.68. The summed E-state index contributed by atoms with van der Waals surface area (Å²) in [4.78, 5) is 11.0. The molecule has 0 bridgehead atoms. The van der Waals surface area contributed by atoms with Gasteiger partial charge in [-0.1, -0.05) is 20.3 Å². The van der Waals surface area contributed by atoms with Crippen molar-refractivity contribution in [3.8, 4) is 0 Å². The maximum Gasteiger partial charge on any atom is 0.321 e. The minimum absolute atomic E-state index is 0.304. The van der Waals surface area contributed by atoms with Crippen molar-refractivity contribution in [3.05, 3.63) is 0 Å². The summed E-state index contributed by atoms with van der Waals surface area (Å²) in [5.41, 5.74) is 0. The zero-order valence-electron chi connectivity index (χ0n) is 10.9. The Balaban J connectivity index is 2.70. The Bertz CT molecular complexity index is 383. The van der Waals surface area contributed by atoms with Crippen LogP contribution in [0, 0.1) is 5.92 Å². The fourth-order valence-electron chi connectivity index (χ4n) is 2.14. The van der Waals surface area contributed by atoms with Crippen LogP contribution in [0.15, 0.2) is 0 Å². The Morgan fingerprint density at radius 1 is 1.56 bits per heavy atom. The standard InChI is InChI=1S/C11H22N2O4S/c1-3-5-10(11(14)15)12-18(16,17)13-7-4-6-9(2)8-13/h9-10,12H,3-8H2,1-2H3,(H,14,15)/t9?,10-/m0/s1. The molecule has 2 N–H and O–H groups in total. The Morgan fingerprint density at radius 2 is 2.22 bits per heavy atom. The van der Waals surface area contributed by atoms with Crippen molar-refractivity contribution in [2.24, 2.45) is 5.92 Å². The first-order valence-corrected chi connectivity index (χ1v) is 7.81. The molecule has 2 atom stereocenters. The molecule has 0 aromatic heterocycles. The Kier molecular flexibility index (Phi) is 5.55. The van der Waals surface area contributed by atoms with Crippen LogP contribution in [-0.2, 0) is 15.0 Å². The van der Waals surface area contributed by atoms with Gasteiger partial charge in [-0.25, -0.2) is 0 Å². The van der Waals surface area contributed by atoms with Gasteiger partial charge in [-0.15, -0.1) is 0 Å². The number of nitrogens with zero attached hydrogens (tertiary/aromatic N) is 1. The van der Waals surface area contributed by atoms with Crippen molar-refractivity contribution in [2.75, 3.05) is 13.1 Å². The highest BCUT2D eigenvalue weighted by molar-refractivity contribution is 7.87. The van der Waals surface area contributed by atoms with E-state index in [0.717, 1.165) is 12.8 Å².